The summed E-state index contributed by atoms with van der Waals surface area (Å²) in [7, 11) is 1.79. The van der Waals surface area contributed by atoms with Gasteiger partial charge in [-0.25, -0.2) is 0 Å². The predicted molar refractivity (Wildman–Crippen MR) is 131 cm³/mol. The number of nitrogens with zero attached hydrogens (tertiary/aromatic N) is 3. The Kier molecular flexibility index (Phi) is 8.11. The Labute approximate surface area is 198 Å². The second-order valence-electron chi connectivity index (χ2n) is 7.68. The average molecular weight is 468 g/mol. The number of amides is 2. The third-order valence-electron chi connectivity index (χ3n) is 5.00. The lowest BCUT2D eigenvalue weighted by Gasteiger charge is -2.14. The van der Waals surface area contributed by atoms with Gasteiger partial charge in [-0.2, -0.15) is 0 Å². The minimum Gasteiger partial charge on any atom is -0.492 e. The molecule has 0 aliphatic rings. The van der Waals surface area contributed by atoms with Gasteiger partial charge in [-0.3, -0.25) is 9.59 Å². The quantitative estimate of drug-likeness (QED) is 0.459. The van der Waals surface area contributed by atoms with E-state index in [1.807, 2.05) is 57.2 Å². The summed E-state index contributed by atoms with van der Waals surface area (Å²) in [5.74, 6) is 0.798. The van der Waals surface area contributed by atoms with Crippen molar-refractivity contribution >= 4 is 35.0 Å². The molecule has 1 heterocycles. The van der Waals surface area contributed by atoms with Crippen molar-refractivity contribution in [3.63, 3.8) is 0 Å². The van der Waals surface area contributed by atoms with Gasteiger partial charge in [-0.05, 0) is 51.5 Å². The number of aryl methyl sites for hydroxylation is 2. The molecule has 1 unspecified atom stereocenters. The number of para-hydroxylation sites is 2. The SMILES string of the molecule is CCOc1ccccc1NC(=O)C(C)Sc1nnc(CC(=O)Nc2ccc(C)cc2C)n1C. The van der Waals surface area contributed by atoms with E-state index in [2.05, 4.69) is 20.8 Å². The van der Waals surface area contributed by atoms with Gasteiger partial charge in [-0.15, -0.1) is 10.2 Å². The Morgan fingerprint density at radius 2 is 1.85 bits per heavy atom. The van der Waals surface area contributed by atoms with Crippen LogP contribution in [0.25, 0.3) is 0 Å². The average Bonchev–Trinajstić information content (AvgIpc) is 3.10. The van der Waals surface area contributed by atoms with Gasteiger partial charge in [0.2, 0.25) is 11.8 Å². The highest BCUT2D eigenvalue weighted by Gasteiger charge is 2.21. The summed E-state index contributed by atoms with van der Waals surface area (Å²) in [4.78, 5) is 25.2. The minimum absolute atomic E-state index is 0.0830. The first-order valence-electron chi connectivity index (χ1n) is 10.7. The number of hydrogen-bond acceptors (Lipinski definition) is 6. The zero-order valence-electron chi connectivity index (χ0n) is 19.5. The molecule has 8 nitrogen and oxygen atoms in total. The molecule has 0 fully saturated rings. The second-order valence-corrected chi connectivity index (χ2v) is 8.99. The van der Waals surface area contributed by atoms with Crippen LogP contribution in [-0.4, -0.2) is 38.4 Å². The number of carbonyl (C=O) groups excluding carboxylic acids is 2. The second kappa shape index (κ2) is 11.0. The van der Waals surface area contributed by atoms with Crippen LogP contribution in [0.3, 0.4) is 0 Å². The van der Waals surface area contributed by atoms with Crippen LogP contribution in [0.1, 0.15) is 30.8 Å². The first-order chi connectivity index (χ1) is 15.8. The van der Waals surface area contributed by atoms with Gasteiger partial charge in [-0.1, -0.05) is 41.6 Å². The van der Waals surface area contributed by atoms with Gasteiger partial charge in [0.05, 0.1) is 24.0 Å². The van der Waals surface area contributed by atoms with E-state index in [4.69, 9.17) is 4.74 Å². The van der Waals surface area contributed by atoms with Crippen LogP contribution >= 0.6 is 11.8 Å². The summed E-state index contributed by atoms with van der Waals surface area (Å²) in [6.07, 6.45) is 0.0830. The number of thioether (sulfide) groups is 1. The fourth-order valence-corrected chi connectivity index (χ4v) is 4.02. The summed E-state index contributed by atoms with van der Waals surface area (Å²) in [5.41, 5.74) is 3.54. The van der Waals surface area contributed by atoms with Gasteiger partial charge < -0.3 is 19.9 Å². The fourth-order valence-electron chi connectivity index (χ4n) is 3.19. The lowest BCUT2D eigenvalue weighted by atomic mass is 10.1. The molecule has 33 heavy (non-hydrogen) atoms. The van der Waals surface area contributed by atoms with Gasteiger partial charge in [0.15, 0.2) is 5.16 Å². The monoisotopic (exact) mass is 467 g/mol. The smallest absolute Gasteiger partial charge is 0.237 e. The highest BCUT2D eigenvalue weighted by Crippen LogP contribution is 2.27. The summed E-state index contributed by atoms with van der Waals surface area (Å²) in [6.45, 7) is 8.17. The Hall–Kier alpha value is -3.33. The molecule has 2 N–H and O–H groups in total. The molecule has 3 aromatic rings. The molecule has 0 bridgehead atoms. The maximum Gasteiger partial charge on any atom is 0.237 e. The van der Waals surface area contributed by atoms with Gasteiger partial charge in [0.25, 0.3) is 0 Å². The van der Waals surface area contributed by atoms with E-state index in [-0.39, 0.29) is 18.2 Å². The van der Waals surface area contributed by atoms with Gasteiger partial charge in [0, 0.05) is 12.7 Å². The predicted octanol–water partition coefficient (Wildman–Crippen LogP) is 4.13. The molecular weight excluding hydrogens is 438 g/mol. The molecular formula is C24H29N5O3S. The Morgan fingerprint density at radius 1 is 1.09 bits per heavy atom. The van der Waals surface area contributed by atoms with Crippen molar-refractivity contribution in [3.05, 3.63) is 59.4 Å². The van der Waals surface area contributed by atoms with Gasteiger partial charge in [0.1, 0.15) is 11.6 Å². The van der Waals surface area contributed by atoms with E-state index in [1.54, 1.807) is 24.6 Å². The molecule has 0 spiro atoms. The minimum atomic E-state index is -0.431. The lowest BCUT2D eigenvalue weighted by molar-refractivity contribution is -0.116. The maximum atomic E-state index is 12.7. The molecule has 3 rings (SSSR count). The van der Waals surface area contributed by atoms with Crippen LogP contribution in [0.4, 0.5) is 11.4 Å². The standard InChI is InChI=1S/C24H29N5O3S/c1-6-32-20-10-8-7-9-19(20)26-23(31)17(4)33-24-28-27-21(29(24)5)14-22(30)25-18-12-11-15(2)13-16(18)3/h7-13,17H,6,14H2,1-5H3,(H,25,30)(H,26,31). The van der Waals surface area contributed by atoms with E-state index in [0.29, 0.717) is 29.0 Å². The van der Waals surface area contributed by atoms with Crippen LogP contribution in [0, 0.1) is 13.8 Å². The number of benzene rings is 2. The van der Waals surface area contributed by atoms with Gasteiger partial charge >= 0.3 is 0 Å². The first-order valence-corrected chi connectivity index (χ1v) is 11.6. The van der Waals surface area contributed by atoms with E-state index < -0.39 is 5.25 Å². The van der Waals surface area contributed by atoms with Crippen LogP contribution in [-0.2, 0) is 23.1 Å². The largest absolute Gasteiger partial charge is 0.492 e. The van der Waals surface area contributed by atoms with Crippen molar-refractivity contribution in [2.75, 3.05) is 17.2 Å². The molecule has 2 aromatic carbocycles. The Bertz CT molecular complexity index is 1140. The number of carbonyl (C=O) groups is 2. The number of rotatable bonds is 9. The summed E-state index contributed by atoms with van der Waals surface area (Å²) in [5, 5.41) is 14.3. The summed E-state index contributed by atoms with van der Waals surface area (Å²) in [6, 6.07) is 13.2. The Balaban J connectivity index is 1.61. The van der Waals surface area contributed by atoms with Crippen LogP contribution in [0.5, 0.6) is 5.75 Å². The van der Waals surface area contributed by atoms with Crippen molar-refractivity contribution in [3.8, 4) is 5.75 Å². The molecule has 174 valence electrons. The third-order valence-corrected chi connectivity index (χ3v) is 6.13. The molecule has 0 saturated heterocycles. The van der Waals surface area contributed by atoms with Crippen molar-refractivity contribution < 1.29 is 14.3 Å². The molecule has 0 aliphatic heterocycles. The summed E-state index contributed by atoms with van der Waals surface area (Å²) >= 11 is 1.28. The number of nitrogens with one attached hydrogen (secondary N) is 2. The zero-order chi connectivity index (χ0) is 24.0. The maximum absolute atomic E-state index is 12.7. The van der Waals surface area contributed by atoms with E-state index >= 15 is 0 Å². The molecule has 2 amide bonds. The van der Waals surface area contributed by atoms with E-state index in [0.717, 1.165) is 16.8 Å². The number of ether oxygens (including phenoxy) is 1. The number of hydrogen-bond donors (Lipinski definition) is 2. The van der Waals surface area contributed by atoms with Crippen molar-refractivity contribution in [1.29, 1.82) is 0 Å². The highest BCUT2D eigenvalue weighted by atomic mass is 32.2. The molecule has 0 aliphatic carbocycles. The van der Waals surface area contributed by atoms with Crippen LogP contribution < -0.4 is 15.4 Å². The number of aromatic nitrogens is 3. The normalized spacial score (nSPS) is 11.7. The van der Waals surface area contributed by atoms with Crippen molar-refractivity contribution in [2.24, 2.45) is 7.05 Å². The molecule has 0 saturated carbocycles. The van der Waals surface area contributed by atoms with Crippen LogP contribution in [0.15, 0.2) is 47.6 Å². The fraction of sp³-hybridized carbons (Fsp3) is 0.333. The topological polar surface area (TPSA) is 98.1 Å². The zero-order valence-corrected chi connectivity index (χ0v) is 20.3. The van der Waals surface area contributed by atoms with Crippen LogP contribution in [0.2, 0.25) is 0 Å². The van der Waals surface area contributed by atoms with Crippen molar-refractivity contribution in [2.45, 2.75) is 44.5 Å². The highest BCUT2D eigenvalue weighted by molar-refractivity contribution is 8.00. The van der Waals surface area contributed by atoms with E-state index in [1.165, 1.54) is 11.8 Å². The molecule has 0 radical (unpaired) electrons. The molecule has 9 heteroatoms. The third kappa shape index (κ3) is 6.35. The lowest BCUT2D eigenvalue weighted by Crippen LogP contribution is -2.23. The van der Waals surface area contributed by atoms with E-state index in [9.17, 15) is 9.59 Å². The number of anilines is 2. The Morgan fingerprint density at radius 3 is 2.58 bits per heavy atom. The van der Waals surface area contributed by atoms with Crippen molar-refractivity contribution in [1.82, 2.24) is 14.8 Å². The summed E-state index contributed by atoms with van der Waals surface area (Å²) < 4.78 is 7.31. The molecule has 1 aromatic heterocycles. The molecule has 1 atom stereocenters. The first kappa shape index (κ1) is 24.3.